The minimum Gasteiger partial charge on any atom is -0.328 e. The van der Waals surface area contributed by atoms with Crippen LogP contribution < -0.4 is 10.6 Å². The zero-order valence-corrected chi connectivity index (χ0v) is 11.8. The van der Waals surface area contributed by atoms with Gasteiger partial charge in [-0.3, -0.25) is 4.79 Å². The lowest BCUT2D eigenvalue weighted by molar-refractivity contribution is -0.122. The Kier molecular flexibility index (Phi) is 3.16. The van der Waals surface area contributed by atoms with E-state index in [4.69, 9.17) is 5.73 Å². The molecule has 0 spiro atoms. The van der Waals surface area contributed by atoms with Gasteiger partial charge in [-0.05, 0) is 43.4 Å². The molecule has 2 unspecified atom stereocenters. The van der Waals surface area contributed by atoms with Crippen LogP contribution in [0.2, 0.25) is 0 Å². The zero-order valence-electron chi connectivity index (χ0n) is 10.2. The Hall–Kier alpha value is -0.870. The molecule has 1 amide bonds. The molecule has 1 fully saturated rings. The summed E-state index contributed by atoms with van der Waals surface area (Å²) in [6.07, 6.45) is 3.74. The van der Waals surface area contributed by atoms with Gasteiger partial charge in [-0.15, -0.1) is 0 Å². The number of nitrogens with zero attached hydrogens (tertiary/aromatic N) is 1. The molecule has 0 radical (unpaired) electrons. The molecule has 1 aromatic rings. The average Bonchev–Trinajstić information content (AvgIpc) is 2.94. The molecule has 2 N–H and O–H groups in total. The minimum absolute atomic E-state index is 0.130. The Bertz CT molecular complexity index is 489. The van der Waals surface area contributed by atoms with Gasteiger partial charge in [-0.25, -0.2) is 0 Å². The lowest BCUT2D eigenvalue weighted by Gasteiger charge is -2.21. The summed E-state index contributed by atoms with van der Waals surface area (Å²) in [6, 6.07) is 6.41. The number of halogens is 1. The van der Waals surface area contributed by atoms with Crippen LogP contribution in [0.1, 0.15) is 24.8 Å². The van der Waals surface area contributed by atoms with Crippen LogP contribution in [0.25, 0.3) is 0 Å². The molecule has 1 heterocycles. The van der Waals surface area contributed by atoms with Gasteiger partial charge >= 0.3 is 0 Å². The molecule has 3 rings (SSSR count). The number of anilines is 1. The Morgan fingerprint density at radius 2 is 2.22 bits per heavy atom. The van der Waals surface area contributed by atoms with Crippen LogP contribution in [0.15, 0.2) is 22.7 Å². The molecule has 4 heteroatoms. The van der Waals surface area contributed by atoms with Crippen molar-refractivity contribution in [3.8, 4) is 0 Å². The summed E-state index contributed by atoms with van der Waals surface area (Å²) in [5, 5.41) is 0. The molecule has 18 heavy (non-hydrogen) atoms. The third-order valence-electron chi connectivity index (χ3n) is 4.03. The number of nitrogens with two attached hydrogens (primary N) is 1. The summed E-state index contributed by atoms with van der Waals surface area (Å²) in [5.74, 6) is 0.393. The van der Waals surface area contributed by atoms with Gasteiger partial charge in [0.15, 0.2) is 0 Å². The molecule has 2 atom stereocenters. The van der Waals surface area contributed by atoms with Crippen molar-refractivity contribution in [3.63, 3.8) is 0 Å². The van der Waals surface area contributed by atoms with Crippen LogP contribution in [-0.4, -0.2) is 18.5 Å². The number of carbonyl (C=O) groups is 1. The van der Waals surface area contributed by atoms with Crippen molar-refractivity contribution in [2.45, 2.75) is 31.7 Å². The van der Waals surface area contributed by atoms with Crippen LogP contribution in [0, 0.1) is 5.92 Å². The third kappa shape index (κ3) is 2.08. The number of benzene rings is 1. The number of hydrogen-bond donors (Lipinski definition) is 1. The Balaban J connectivity index is 1.83. The second-order valence-corrected chi connectivity index (χ2v) is 6.20. The molecular formula is C14H17BrN2O. The summed E-state index contributed by atoms with van der Waals surface area (Å²) in [4.78, 5) is 14.5. The predicted octanol–water partition coefficient (Wildman–Crippen LogP) is 2.47. The highest BCUT2D eigenvalue weighted by Gasteiger charge is 2.34. The highest BCUT2D eigenvalue weighted by atomic mass is 79.9. The van der Waals surface area contributed by atoms with E-state index < -0.39 is 0 Å². The van der Waals surface area contributed by atoms with Crippen molar-refractivity contribution < 1.29 is 4.79 Å². The van der Waals surface area contributed by atoms with E-state index in [1.54, 1.807) is 0 Å². The first-order valence-electron chi connectivity index (χ1n) is 6.50. The maximum absolute atomic E-state index is 12.5. The van der Waals surface area contributed by atoms with Crippen molar-refractivity contribution in [1.29, 1.82) is 0 Å². The molecular weight excluding hydrogens is 292 g/mol. The van der Waals surface area contributed by atoms with Gasteiger partial charge in [0.1, 0.15) is 0 Å². The first-order chi connectivity index (χ1) is 8.65. The van der Waals surface area contributed by atoms with E-state index in [2.05, 4.69) is 28.1 Å². The fraction of sp³-hybridized carbons (Fsp3) is 0.500. The highest BCUT2D eigenvalue weighted by molar-refractivity contribution is 9.10. The molecule has 96 valence electrons. The summed E-state index contributed by atoms with van der Waals surface area (Å²) in [6.45, 7) is 0.816. The number of rotatable bonds is 1. The van der Waals surface area contributed by atoms with Gasteiger partial charge in [0.05, 0.1) is 0 Å². The van der Waals surface area contributed by atoms with Gasteiger partial charge in [0.2, 0.25) is 5.91 Å². The third-order valence-corrected chi connectivity index (χ3v) is 4.52. The fourth-order valence-corrected chi connectivity index (χ4v) is 3.39. The smallest absolute Gasteiger partial charge is 0.230 e. The Morgan fingerprint density at radius 1 is 1.39 bits per heavy atom. The summed E-state index contributed by atoms with van der Waals surface area (Å²) < 4.78 is 1.03. The van der Waals surface area contributed by atoms with Gasteiger partial charge in [0.25, 0.3) is 0 Å². The van der Waals surface area contributed by atoms with Crippen molar-refractivity contribution in [1.82, 2.24) is 0 Å². The van der Waals surface area contributed by atoms with Gasteiger partial charge in [0, 0.05) is 28.7 Å². The number of amides is 1. The molecule has 1 aliphatic carbocycles. The van der Waals surface area contributed by atoms with Gasteiger partial charge in [-0.2, -0.15) is 0 Å². The normalized spacial score (nSPS) is 26.4. The van der Waals surface area contributed by atoms with Crippen molar-refractivity contribution in [3.05, 3.63) is 28.2 Å². The fourth-order valence-electron chi connectivity index (χ4n) is 3.04. The maximum atomic E-state index is 12.5. The van der Waals surface area contributed by atoms with E-state index in [0.29, 0.717) is 0 Å². The first kappa shape index (κ1) is 12.2. The topological polar surface area (TPSA) is 46.3 Å². The first-order valence-corrected chi connectivity index (χ1v) is 7.30. The standard InChI is InChI=1S/C14H17BrN2O/c15-11-3-1-9-5-6-17(13(9)8-11)14(18)10-2-4-12(16)7-10/h1,3,8,10,12H,2,4-7,16H2. The van der Waals surface area contributed by atoms with E-state index in [0.717, 1.165) is 42.4 Å². The van der Waals surface area contributed by atoms with Crippen LogP contribution in [0.5, 0.6) is 0 Å². The Labute approximate surface area is 115 Å². The molecule has 0 bridgehead atoms. The minimum atomic E-state index is 0.130. The maximum Gasteiger partial charge on any atom is 0.230 e. The molecule has 1 aliphatic heterocycles. The monoisotopic (exact) mass is 308 g/mol. The summed E-state index contributed by atoms with van der Waals surface area (Å²) >= 11 is 3.48. The predicted molar refractivity (Wildman–Crippen MR) is 75.5 cm³/mol. The largest absolute Gasteiger partial charge is 0.328 e. The van der Waals surface area contributed by atoms with Crippen molar-refractivity contribution >= 4 is 27.5 Å². The summed E-state index contributed by atoms with van der Waals surface area (Å²) in [5.41, 5.74) is 8.25. The number of fused-ring (bicyclic) bond motifs is 1. The second-order valence-electron chi connectivity index (χ2n) is 5.28. The van der Waals surface area contributed by atoms with Crippen LogP contribution in [-0.2, 0) is 11.2 Å². The molecule has 1 saturated carbocycles. The molecule has 0 saturated heterocycles. The molecule has 3 nitrogen and oxygen atoms in total. The number of hydrogen-bond acceptors (Lipinski definition) is 2. The quantitative estimate of drug-likeness (QED) is 0.866. The van der Waals surface area contributed by atoms with E-state index in [1.165, 1.54) is 5.56 Å². The highest BCUT2D eigenvalue weighted by Crippen LogP contribution is 2.34. The average molecular weight is 309 g/mol. The Morgan fingerprint density at radius 3 is 2.94 bits per heavy atom. The molecule has 1 aromatic carbocycles. The van der Waals surface area contributed by atoms with E-state index >= 15 is 0 Å². The van der Waals surface area contributed by atoms with Crippen LogP contribution in [0.4, 0.5) is 5.69 Å². The van der Waals surface area contributed by atoms with E-state index in [1.807, 2.05) is 11.0 Å². The van der Waals surface area contributed by atoms with Gasteiger partial charge < -0.3 is 10.6 Å². The van der Waals surface area contributed by atoms with Crippen LogP contribution >= 0.6 is 15.9 Å². The van der Waals surface area contributed by atoms with E-state index in [-0.39, 0.29) is 17.9 Å². The van der Waals surface area contributed by atoms with Crippen LogP contribution in [0.3, 0.4) is 0 Å². The van der Waals surface area contributed by atoms with E-state index in [9.17, 15) is 4.79 Å². The second kappa shape index (κ2) is 4.67. The number of carbonyl (C=O) groups excluding carboxylic acids is 1. The van der Waals surface area contributed by atoms with Crippen molar-refractivity contribution in [2.24, 2.45) is 11.7 Å². The molecule has 2 aliphatic rings. The SMILES string of the molecule is NC1CCC(C(=O)N2CCc3ccc(Br)cc32)C1. The van der Waals surface area contributed by atoms with Crippen molar-refractivity contribution in [2.75, 3.05) is 11.4 Å². The lowest BCUT2D eigenvalue weighted by Crippen LogP contribution is -2.34. The lowest BCUT2D eigenvalue weighted by atomic mass is 10.1. The van der Waals surface area contributed by atoms with Gasteiger partial charge in [-0.1, -0.05) is 22.0 Å². The summed E-state index contributed by atoms with van der Waals surface area (Å²) in [7, 11) is 0. The zero-order chi connectivity index (χ0) is 12.7. The molecule has 0 aromatic heterocycles.